The Hall–Kier alpha value is -1.25. The number of ether oxygens (including phenoxy) is 1. The van der Waals surface area contributed by atoms with Gasteiger partial charge in [-0.15, -0.1) is 12.3 Å². The summed E-state index contributed by atoms with van der Waals surface area (Å²) in [5.74, 6) is 3.34. The minimum absolute atomic E-state index is 0.301. The molecule has 0 spiro atoms. The lowest BCUT2D eigenvalue weighted by Gasteiger charge is -2.09. The highest BCUT2D eigenvalue weighted by atomic mass is 32.1. The van der Waals surface area contributed by atoms with Crippen LogP contribution in [0.25, 0.3) is 0 Å². The van der Waals surface area contributed by atoms with Crippen molar-refractivity contribution >= 4 is 16.5 Å². The molecule has 0 saturated heterocycles. The lowest BCUT2D eigenvalue weighted by molar-refractivity contribution is 0.393. The van der Waals surface area contributed by atoms with E-state index >= 15 is 0 Å². The molecule has 1 atom stereocenters. The first kappa shape index (κ1) is 13.8. The van der Waals surface area contributed by atoms with Crippen molar-refractivity contribution in [2.45, 2.75) is 25.9 Å². The maximum absolute atomic E-state index is 5.27. The highest BCUT2D eigenvalue weighted by molar-refractivity contribution is 7.15. The molecule has 1 N–H and O–H groups in total. The first-order valence-corrected chi connectivity index (χ1v) is 6.28. The second-order valence-corrected chi connectivity index (χ2v) is 5.08. The molecule has 1 aromatic heterocycles. The van der Waals surface area contributed by atoms with Gasteiger partial charge in [0.2, 0.25) is 5.88 Å². The number of nitrogens with zero attached hydrogens (tertiary/aromatic N) is 2. The van der Waals surface area contributed by atoms with Crippen molar-refractivity contribution in [3.05, 3.63) is 4.88 Å². The van der Waals surface area contributed by atoms with Crippen LogP contribution in [0.1, 0.15) is 18.2 Å². The molecule has 1 heterocycles. The van der Waals surface area contributed by atoms with Gasteiger partial charge in [-0.2, -0.15) is 4.98 Å². The Morgan fingerprint density at radius 3 is 2.82 bits per heavy atom. The average molecular weight is 253 g/mol. The first-order valence-electron chi connectivity index (χ1n) is 5.46. The van der Waals surface area contributed by atoms with Crippen molar-refractivity contribution < 1.29 is 4.74 Å². The van der Waals surface area contributed by atoms with E-state index in [1.165, 1.54) is 0 Å². The Balaban J connectivity index is 2.67. The largest absolute Gasteiger partial charge is 0.480 e. The Morgan fingerprint density at radius 1 is 1.59 bits per heavy atom. The van der Waals surface area contributed by atoms with Crippen LogP contribution >= 0.6 is 11.3 Å². The molecule has 0 bridgehead atoms. The second-order valence-electron chi connectivity index (χ2n) is 4.01. The van der Waals surface area contributed by atoms with Gasteiger partial charge in [-0.05, 0) is 6.92 Å². The van der Waals surface area contributed by atoms with Crippen molar-refractivity contribution in [3.8, 4) is 18.2 Å². The van der Waals surface area contributed by atoms with Gasteiger partial charge >= 0.3 is 0 Å². The van der Waals surface area contributed by atoms with Crippen LogP contribution < -0.4 is 15.0 Å². The second kappa shape index (κ2) is 6.48. The van der Waals surface area contributed by atoms with Gasteiger partial charge in [0.05, 0.1) is 12.0 Å². The normalized spacial score (nSPS) is 11.9. The number of rotatable bonds is 6. The molecule has 0 aliphatic heterocycles. The third kappa shape index (κ3) is 3.91. The van der Waals surface area contributed by atoms with E-state index in [0.717, 1.165) is 23.0 Å². The van der Waals surface area contributed by atoms with Gasteiger partial charge in [0.1, 0.15) is 0 Å². The van der Waals surface area contributed by atoms with E-state index in [4.69, 9.17) is 11.2 Å². The molecule has 94 valence electrons. The third-order valence-electron chi connectivity index (χ3n) is 2.26. The summed E-state index contributed by atoms with van der Waals surface area (Å²) in [6.45, 7) is 2.80. The molecule has 17 heavy (non-hydrogen) atoms. The number of terminal acetylenes is 1. The predicted octanol–water partition coefficient (Wildman–Crippen LogP) is 1.72. The molecule has 1 rings (SSSR count). The Labute approximate surface area is 107 Å². The van der Waals surface area contributed by atoms with Crippen molar-refractivity contribution in [2.75, 3.05) is 26.1 Å². The first-order chi connectivity index (χ1) is 8.08. The fourth-order valence-corrected chi connectivity index (χ4v) is 2.21. The molecular weight excluding hydrogens is 234 g/mol. The predicted molar refractivity (Wildman–Crippen MR) is 72.7 cm³/mol. The number of methoxy groups -OCH3 is 1. The average Bonchev–Trinajstić information content (AvgIpc) is 2.70. The van der Waals surface area contributed by atoms with E-state index in [-0.39, 0.29) is 0 Å². The van der Waals surface area contributed by atoms with E-state index in [0.29, 0.717) is 11.9 Å². The van der Waals surface area contributed by atoms with Gasteiger partial charge in [0.25, 0.3) is 0 Å². The highest BCUT2D eigenvalue weighted by Crippen LogP contribution is 2.30. The zero-order valence-electron chi connectivity index (χ0n) is 10.8. The van der Waals surface area contributed by atoms with E-state index in [9.17, 15) is 0 Å². The van der Waals surface area contributed by atoms with Crippen LogP contribution in [0.15, 0.2) is 0 Å². The summed E-state index contributed by atoms with van der Waals surface area (Å²) in [5, 5.41) is 4.30. The zero-order valence-corrected chi connectivity index (χ0v) is 11.6. The van der Waals surface area contributed by atoms with Crippen LogP contribution in [-0.4, -0.2) is 32.2 Å². The molecule has 0 aromatic carbocycles. The van der Waals surface area contributed by atoms with Crippen molar-refractivity contribution in [1.29, 1.82) is 0 Å². The topological polar surface area (TPSA) is 37.4 Å². The third-order valence-corrected chi connectivity index (χ3v) is 3.47. The molecule has 1 unspecified atom stereocenters. The maximum atomic E-state index is 5.27. The van der Waals surface area contributed by atoms with E-state index < -0.39 is 0 Å². The maximum Gasteiger partial charge on any atom is 0.230 e. The smallest absolute Gasteiger partial charge is 0.230 e. The van der Waals surface area contributed by atoms with E-state index in [1.807, 2.05) is 19.0 Å². The van der Waals surface area contributed by atoms with Crippen LogP contribution in [0.2, 0.25) is 0 Å². The van der Waals surface area contributed by atoms with Gasteiger partial charge in [-0.25, -0.2) is 0 Å². The molecule has 0 radical (unpaired) electrons. The lowest BCUT2D eigenvalue weighted by Crippen LogP contribution is -2.24. The molecule has 0 aliphatic carbocycles. The summed E-state index contributed by atoms with van der Waals surface area (Å²) < 4.78 is 5.26. The van der Waals surface area contributed by atoms with Crippen LogP contribution in [-0.2, 0) is 6.54 Å². The van der Waals surface area contributed by atoms with E-state index in [2.05, 4.69) is 23.1 Å². The molecule has 0 aliphatic rings. The van der Waals surface area contributed by atoms with Gasteiger partial charge < -0.3 is 15.0 Å². The SMILES string of the molecule is C#CCC(C)NCc1sc(N(C)C)nc1OC. The van der Waals surface area contributed by atoms with Gasteiger partial charge in [0, 0.05) is 33.1 Å². The molecule has 4 nitrogen and oxygen atoms in total. The summed E-state index contributed by atoms with van der Waals surface area (Å²) in [6, 6.07) is 0.301. The van der Waals surface area contributed by atoms with Gasteiger partial charge in [-0.3, -0.25) is 0 Å². The van der Waals surface area contributed by atoms with Crippen molar-refractivity contribution in [2.24, 2.45) is 0 Å². The molecular formula is C12H19N3OS. The summed E-state index contributed by atoms with van der Waals surface area (Å²) in [7, 11) is 5.58. The molecule has 0 saturated carbocycles. The Morgan fingerprint density at radius 2 is 2.29 bits per heavy atom. The summed E-state index contributed by atoms with van der Waals surface area (Å²) in [5.41, 5.74) is 0. The summed E-state index contributed by atoms with van der Waals surface area (Å²) in [6.07, 6.45) is 5.99. The number of thiazole rings is 1. The molecule has 1 aromatic rings. The fraction of sp³-hybridized carbons (Fsp3) is 0.583. The standard InChI is InChI=1S/C12H19N3OS/c1-6-7-9(2)13-8-10-11(16-5)14-12(17-10)15(3)4/h1,9,13H,7-8H2,2-5H3. The number of anilines is 1. The quantitative estimate of drug-likeness (QED) is 0.783. The Bertz CT molecular complexity index is 395. The number of hydrogen-bond donors (Lipinski definition) is 1. The minimum Gasteiger partial charge on any atom is -0.480 e. The monoisotopic (exact) mass is 253 g/mol. The van der Waals surface area contributed by atoms with Crippen LogP contribution in [0.5, 0.6) is 5.88 Å². The fourth-order valence-electron chi connectivity index (χ4n) is 1.30. The number of aromatic nitrogens is 1. The lowest BCUT2D eigenvalue weighted by atomic mass is 10.2. The minimum atomic E-state index is 0.301. The summed E-state index contributed by atoms with van der Waals surface area (Å²) >= 11 is 1.63. The Kier molecular flexibility index (Phi) is 5.26. The van der Waals surface area contributed by atoms with Crippen LogP contribution in [0.4, 0.5) is 5.13 Å². The molecule has 0 amide bonds. The van der Waals surface area contributed by atoms with Crippen LogP contribution in [0, 0.1) is 12.3 Å². The number of hydrogen-bond acceptors (Lipinski definition) is 5. The molecule has 0 fully saturated rings. The van der Waals surface area contributed by atoms with Crippen LogP contribution in [0.3, 0.4) is 0 Å². The van der Waals surface area contributed by atoms with Crippen molar-refractivity contribution in [3.63, 3.8) is 0 Å². The summed E-state index contributed by atoms with van der Waals surface area (Å²) in [4.78, 5) is 7.47. The van der Waals surface area contributed by atoms with Crippen molar-refractivity contribution in [1.82, 2.24) is 10.3 Å². The molecule has 5 heteroatoms. The number of nitrogens with one attached hydrogen (secondary N) is 1. The van der Waals surface area contributed by atoms with Gasteiger partial charge in [0.15, 0.2) is 5.13 Å². The van der Waals surface area contributed by atoms with Gasteiger partial charge in [-0.1, -0.05) is 11.3 Å². The zero-order chi connectivity index (χ0) is 12.8. The van der Waals surface area contributed by atoms with E-state index in [1.54, 1.807) is 18.4 Å². The highest BCUT2D eigenvalue weighted by Gasteiger charge is 2.13.